The summed E-state index contributed by atoms with van der Waals surface area (Å²) in [5.74, 6) is -0.706. The van der Waals surface area contributed by atoms with Crippen LogP contribution >= 0.6 is 0 Å². The van der Waals surface area contributed by atoms with Crippen LogP contribution in [0.4, 0.5) is 0 Å². The van der Waals surface area contributed by atoms with Crippen molar-refractivity contribution in [3.05, 3.63) is 12.2 Å². The van der Waals surface area contributed by atoms with Crippen molar-refractivity contribution in [1.82, 2.24) is 0 Å². The number of carbonyl (C=O) groups excluding carboxylic acids is 2. The molecular weight excluding hydrogens is 172 g/mol. The fourth-order valence-electron chi connectivity index (χ4n) is 0.795. The monoisotopic (exact) mass is 186 g/mol. The molecule has 13 heavy (non-hydrogen) atoms. The minimum atomic E-state index is -0.426. The van der Waals surface area contributed by atoms with Gasteiger partial charge in [0.15, 0.2) is 0 Å². The zero-order valence-corrected chi connectivity index (χ0v) is 7.96. The third-order valence-corrected chi connectivity index (χ3v) is 1.56. The van der Waals surface area contributed by atoms with Crippen LogP contribution in [0.3, 0.4) is 0 Å². The van der Waals surface area contributed by atoms with Crippen LogP contribution in [0, 0.1) is 0 Å². The number of carbonyl (C=O) groups is 2. The van der Waals surface area contributed by atoms with Gasteiger partial charge in [0.2, 0.25) is 0 Å². The second-order valence-corrected chi connectivity index (χ2v) is 2.52. The Morgan fingerprint density at radius 2 is 1.77 bits per heavy atom. The van der Waals surface area contributed by atoms with E-state index in [0.717, 1.165) is 0 Å². The van der Waals surface area contributed by atoms with E-state index in [4.69, 9.17) is 0 Å². The van der Waals surface area contributed by atoms with Crippen molar-refractivity contribution in [3.8, 4) is 0 Å². The van der Waals surface area contributed by atoms with Crippen LogP contribution in [0.2, 0.25) is 0 Å². The molecule has 0 aliphatic rings. The molecule has 4 heteroatoms. The second-order valence-electron chi connectivity index (χ2n) is 2.52. The van der Waals surface area contributed by atoms with E-state index >= 15 is 0 Å². The molecule has 0 aliphatic carbocycles. The molecule has 0 aromatic heterocycles. The molecule has 0 amide bonds. The first-order valence-electron chi connectivity index (χ1n) is 3.94. The van der Waals surface area contributed by atoms with Crippen LogP contribution in [0.1, 0.15) is 19.3 Å². The van der Waals surface area contributed by atoms with Gasteiger partial charge in [0.1, 0.15) is 0 Å². The molecule has 0 N–H and O–H groups in total. The predicted octanol–water partition coefficient (Wildman–Crippen LogP) is 1.06. The van der Waals surface area contributed by atoms with E-state index < -0.39 is 5.97 Å². The zero-order valence-electron chi connectivity index (χ0n) is 7.96. The van der Waals surface area contributed by atoms with E-state index in [9.17, 15) is 9.59 Å². The van der Waals surface area contributed by atoms with E-state index in [-0.39, 0.29) is 5.97 Å². The van der Waals surface area contributed by atoms with Crippen molar-refractivity contribution in [2.24, 2.45) is 0 Å². The largest absolute Gasteiger partial charge is 0.469 e. The van der Waals surface area contributed by atoms with E-state index in [1.165, 1.54) is 14.2 Å². The molecule has 0 fully saturated rings. The summed E-state index contributed by atoms with van der Waals surface area (Å²) in [7, 11) is 2.63. The van der Waals surface area contributed by atoms with Crippen LogP contribution in [-0.4, -0.2) is 26.2 Å². The summed E-state index contributed by atoms with van der Waals surface area (Å²) >= 11 is 0. The van der Waals surface area contributed by atoms with Gasteiger partial charge in [0, 0.05) is 12.0 Å². The van der Waals surface area contributed by atoms with Gasteiger partial charge in [-0.05, 0) is 12.8 Å². The average Bonchev–Trinajstić information content (AvgIpc) is 2.15. The molecule has 0 rings (SSSR count). The Bertz CT molecular complexity index is 208. The summed E-state index contributed by atoms with van der Waals surface area (Å²) < 4.78 is 8.88. The number of ether oxygens (including phenoxy) is 2. The van der Waals surface area contributed by atoms with Gasteiger partial charge in [-0.2, -0.15) is 0 Å². The lowest BCUT2D eigenvalue weighted by Crippen LogP contribution is -2.05. The summed E-state index contributed by atoms with van der Waals surface area (Å²) in [5.41, 5.74) is 0.381. The summed E-state index contributed by atoms with van der Waals surface area (Å²) in [6, 6.07) is 0. The highest BCUT2D eigenvalue weighted by Gasteiger charge is 2.07. The van der Waals surface area contributed by atoms with Gasteiger partial charge in [-0.25, -0.2) is 4.79 Å². The Labute approximate surface area is 77.5 Å². The maximum atomic E-state index is 10.8. The van der Waals surface area contributed by atoms with Crippen molar-refractivity contribution in [1.29, 1.82) is 0 Å². The summed E-state index contributed by atoms with van der Waals surface area (Å²) in [4.78, 5) is 21.5. The fraction of sp³-hybridized carbons (Fsp3) is 0.556. The first-order valence-corrected chi connectivity index (χ1v) is 3.94. The number of methoxy groups -OCH3 is 2. The van der Waals surface area contributed by atoms with E-state index in [1.807, 2.05) is 0 Å². The lowest BCUT2D eigenvalue weighted by molar-refractivity contribution is -0.141. The van der Waals surface area contributed by atoms with Crippen LogP contribution in [-0.2, 0) is 19.1 Å². The Balaban J connectivity index is 3.59. The smallest absolute Gasteiger partial charge is 0.333 e. The minimum Gasteiger partial charge on any atom is -0.469 e. The first-order chi connectivity index (χ1) is 6.11. The minimum absolute atomic E-state index is 0.280. The van der Waals surface area contributed by atoms with E-state index in [0.29, 0.717) is 24.8 Å². The quantitative estimate of drug-likeness (QED) is 0.476. The van der Waals surface area contributed by atoms with E-state index in [2.05, 4.69) is 16.1 Å². The standard InChI is InChI=1S/C9H14O4/c1-7(9(11)13-3)5-4-6-8(10)12-2/h1,4-6H2,2-3H3. The molecule has 0 bridgehead atoms. The van der Waals surface area contributed by atoms with Gasteiger partial charge in [-0.15, -0.1) is 0 Å². The number of rotatable bonds is 5. The third-order valence-electron chi connectivity index (χ3n) is 1.56. The molecule has 0 spiro atoms. The molecule has 0 aromatic carbocycles. The highest BCUT2D eigenvalue weighted by molar-refractivity contribution is 5.87. The first kappa shape index (κ1) is 11.7. The molecular formula is C9H14O4. The summed E-state index contributed by atoms with van der Waals surface area (Å²) in [5, 5.41) is 0. The number of hydrogen-bond donors (Lipinski definition) is 0. The van der Waals surface area contributed by atoms with Gasteiger partial charge in [-0.3, -0.25) is 4.79 Å². The van der Waals surface area contributed by atoms with Gasteiger partial charge >= 0.3 is 11.9 Å². The maximum absolute atomic E-state index is 10.8. The fourth-order valence-corrected chi connectivity index (χ4v) is 0.795. The van der Waals surface area contributed by atoms with E-state index in [1.54, 1.807) is 0 Å². The van der Waals surface area contributed by atoms with Crippen LogP contribution in [0.25, 0.3) is 0 Å². The Kier molecular flexibility index (Phi) is 5.59. The second kappa shape index (κ2) is 6.22. The maximum Gasteiger partial charge on any atom is 0.333 e. The Morgan fingerprint density at radius 1 is 1.15 bits per heavy atom. The molecule has 0 saturated carbocycles. The molecule has 0 radical (unpaired) electrons. The molecule has 4 nitrogen and oxygen atoms in total. The van der Waals surface area contributed by atoms with Gasteiger partial charge in [-0.1, -0.05) is 6.58 Å². The van der Waals surface area contributed by atoms with Crippen LogP contribution in [0.5, 0.6) is 0 Å². The summed E-state index contributed by atoms with van der Waals surface area (Å²) in [6.07, 6.45) is 1.31. The van der Waals surface area contributed by atoms with Crippen LogP contribution < -0.4 is 0 Å². The SMILES string of the molecule is C=C(CCCC(=O)OC)C(=O)OC. The van der Waals surface area contributed by atoms with Crippen molar-refractivity contribution in [2.45, 2.75) is 19.3 Å². The van der Waals surface area contributed by atoms with Crippen molar-refractivity contribution < 1.29 is 19.1 Å². The van der Waals surface area contributed by atoms with Gasteiger partial charge in [0.05, 0.1) is 14.2 Å². The molecule has 0 aliphatic heterocycles. The average molecular weight is 186 g/mol. The zero-order chi connectivity index (χ0) is 10.3. The van der Waals surface area contributed by atoms with Crippen molar-refractivity contribution >= 4 is 11.9 Å². The lowest BCUT2D eigenvalue weighted by Gasteiger charge is -2.02. The Hall–Kier alpha value is -1.32. The lowest BCUT2D eigenvalue weighted by atomic mass is 10.1. The van der Waals surface area contributed by atoms with Gasteiger partial charge in [0.25, 0.3) is 0 Å². The molecule has 0 atom stereocenters. The molecule has 0 saturated heterocycles. The normalized spacial score (nSPS) is 9.08. The van der Waals surface area contributed by atoms with Crippen molar-refractivity contribution in [2.75, 3.05) is 14.2 Å². The topological polar surface area (TPSA) is 52.6 Å². The number of hydrogen-bond acceptors (Lipinski definition) is 4. The third kappa shape index (κ3) is 5.00. The highest BCUT2D eigenvalue weighted by atomic mass is 16.5. The molecule has 74 valence electrons. The number of esters is 2. The predicted molar refractivity (Wildman–Crippen MR) is 47.0 cm³/mol. The van der Waals surface area contributed by atoms with Crippen LogP contribution in [0.15, 0.2) is 12.2 Å². The molecule has 0 heterocycles. The Morgan fingerprint density at radius 3 is 2.23 bits per heavy atom. The summed E-state index contributed by atoms with van der Waals surface area (Å²) in [6.45, 7) is 3.52. The van der Waals surface area contributed by atoms with Crippen molar-refractivity contribution in [3.63, 3.8) is 0 Å². The molecule has 0 unspecified atom stereocenters. The van der Waals surface area contributed by atoms with Gasteiger partial charge < -0.3 is 9.47 Å². The molecule has 0 aromatic rings. The highest BCUT2D eigenvalue weighted by Crippen LogP contribution is 2.06.